The second-order valence-corrected chi connectivity index (χ2v) is 4.11. The Bertz CT molecular complexity index is 333. The fourth-order valence-corrected chi connectivity index (χ4v) is 2.38. The van der Waals surface area contributed by atoms with E-state index in [9.17, 15) is 10.4 Å². The number of hydroxylamine groups is 4. The fraction of sp³-hybridized carbons (Fsp3) is 0.636. The zero-order chi connectivity index (χ0) is 11.0. The van der Waals surface area contributed by atoms with E-state index in [1.54, 1.807) is 0 Å². The lowest BCUT2D eigenvalue weighted by molar-refractivity contribution is -0.0848. The van der Waals surface area contributed by atoms with Gasteiger partial charge in [0.2, 0.25) is 0 Å². The topological polar surface area (TPSA) is 46.9 Å². The Kier molecular flexibility index (Phi) is 2.71. The van der Waals surface area contributed by atoms with E-state index < -0.39 is 0 Å². The van der Waals surface area contributed by atoms with Crippen LogP contribution in [0.3, 0.4) is 0 Å². The van der Waals surface area contributed by atoms with Gasteiger partial charge in [-0.05, 0) is 39.0 Å². The highest BCUT2D eigenvalue weighted by Crippen LogP contribution is 2.37. The molecule has 0 radical (unpaired) electrons. The van der Waals surface area contributed by atoms with Crippen LogP contribution in [-0.2, 0) is 0 Å². The average Bonchev–Trinajstić information content (AvgIpc) is 2.27. The van der Waals surface area contributed by atoms with Crippen LogP contribution >= 0.6 is 0 Å². The van der Waals surface area contributed by atoms with Crippen molar-refractivity contribution in [3.8, 4) is 0 Å². The molecule has 0 atom stereocenters. The van der Waals surface area contributed by atoms with Crippen molar-refractivity contribution < 1.29 is 10.4 Å². The molecule has 84 valence electrons. The van der Waals surface area contributed by atoms with Crippen molar-refractivity contribution in [1.82, 2.24) is 10.1 Å². The monoisotopic (exact) mass is 210 g/mol. The molecule has 0 aromatic carbocycles. The van der Waals surface area contributed by atoms with Gasteiger partial charge in [0.15, 0.2) is 0 Å². The van der Waals surface area contributed by atoms with Crippen molar-refractivity contribution in [2.45, 2.75) is 46.0 Å². The summed E-state index contributed by atoms with van der Waals surface area (Å²) in [4.78, 5) is 0. The Labute approximate surface area is 90.0 Å². The van der Waals surface area contributed by atoms with E-state index >= 15 is 0 Å². The van der Waals surface area contributed by atoms with Crippen molar-refractivity contribution in [2.75, 3.05) is 0 Å². The third-order valence-corrected chi connectivity index (χ3v) is 3.25. The van der Waals surface area contributed by atoms with E-state index in [1.807, 2.05) is 13.8 Å². The molecule has 2 N–H and O–H groups in total. The lowest BCUT2D eigenvalue weighted by atomic mass is 9.98. The summed E-state index contributed by atoms with van der Waals surface area (Å²) in [6.07, 6.45) is 4.57. The van der Waals surface area contributed by atoms with E-state index in [0.717, 1.165) is 54.9 Å². The maximum absolute atomic E-state index is 10.0. The Morgan fingerprint density at radius 3 is 2.13 bits per heavy atom. The fourth-order valence-electron chi connectivity index (χ4n) is 2.38. The van der Waals surface area contributed by atoms with Crippen LogP contribution in [0.1, 0.15) is 46.0 Å². The Morgan fingerprint density at radius 2 is 1.60 bits per heavy atom. The van der Waals surface area contributed by atoms with Gasteiger partial charge in [-0.25, -0.2) is 10.1 Å². The van der Waals surface area contributed by atoms with Gasteiger partial charge in [0, 0.05) is 0 Å². The molecule has 0 aromatic heterocycles. The quantitative estimate of drug-likeness (QED) is 0.698. The summed E-state index contributed by atoms with van der Waals surface area (Å²) >= 11 is 0. The van der Waals surface area contributed by atoms with E-state index in [2.05, 4.69) is 0 Å². The Hall–Kier alpha value is -1.00. The van der Waals surface area contributed by atoms with Gasteiger partial charge in [0.25, 0.3) is 0 Å². The van der Waals surface area contributed by atoms with E-state index in [4.69, 9.17) is 0 Å². The molecule has 1 aliphatic heterocycles. The maximum Gasteiger partial charge on any atom is 0.0683 e. The molecule has 1 heterocycles. The van der Waals surface area contributed by atoms with E-state index in [-0.39, 0.29) is 0 Å². The molecule has 0 amide bonds. The first-order valence-electron chi connectivity index (χ1n) is 5.56. The van der Waals surface area contributed by atoms with Gasteiger partial charge in [-0.1, -0.05) is 6.92 Å². The molecule has 4 nitrogen and oxygen atoms in total. The van der Waals surface area contributed by atoms with Crippen molar-refractivity contribution in [3.05, 3.63) is 22.8 Å². The number of nitrogens with zero attached hydrogens (tertiary/aromatic N) is 2. The standard InChI is InChI=1S/C11H18N2O2/c1-3-9-8(2)12(14)10-6-4-5-7-11(10)13(9)15/h14-15H,3-7H2,1-2H3. The molecule has 1 aliphatic carbocycles. The smallest absolute Gasteiger partial charge is 0.0683 e. The second-order valence-electron chi connectivity index (χ2n) is 4.11. The van der Waals surface area contributed by atoms with Crippen LogP contribution in [0.25, 0.3) is 0 Å². The summed E-state index contributed by atoms with van der Waals surface area (Å²) in [5.74, 6) is 0. The largest absolute Gasteiger partial charge is 0.284 e. The first-order valence-corrected chi connectivity index (χ1v) is 5.56. The molecule has 0 unspecified atom stereocenters. The third kappa shape index (κ3) is 1.54. The molecule has 2 aliphatic rings. The summed E-state index contributed by atoms with van der Waals surface area (Å²) in [6.45, 7) is 3.81. The summed E-state index contributed by atoms with van der Waals surface area (Å²) in [5, 5.41) is 22.5. The zero-order valence-electron chi connectivity index (χ0n) is 9.32. The van der Waals surface area contributed by atoms with Crippen LogP contribution in [0.5, 0.6) is 0 Å². The molecule has 15 heavy (non-hydrogen) atoms. The molecular weight excluding hydrogens is 192 g/mol. The average molecular weight is 210 g/mol. The predicted octanol–water partition coefficient (Wildman–Crippen LogP) is 2.81. The second kappa shape index (κ2) is 3.87. The lowest BCUT2D eigenvalue weighted by Gasteiger charge is -2.38. The molecule has 0 bridgehead atoms. The van der Waals surface area contributed by atoms with Gasteiger partial charge >= 0.3 is 0 Å². The number of hydrogen-bond acceptors (Lipinski definition) is 4. The summed E-state index contributed by atoms with van der Waals surface area (Å²) < 4.78 is 0. The third-order valence-electron chi connectivity index (χ3n) is 3.25. The summed E-state index contributed by atoms with van der Waals surface area (Å²) in [7, 11) is 0. The molecule has 0 spiro atoms. The first kappa shape index (κ1) is 10.5. The van der Waals surface area contributed by atoms with E-state index in [1.165, 1.54) is 10.1 Å². The minimum atomic E-state index is 0.718. The Morgan fingerprint density at radius 1 is 1.07 bits per heavy atom. The van der Waals surface area contributed by atoms with Crippen molar-refractivity contribution in [3.63, 3.8) is 0 Å². The van der Waals surface area contributed by atoms with Crippen molar-refractivity contribution in [2.24, 2.45) is 0 Å². The molecular formula is C11H18N2O2. The summed E-state index contributed by atoms with van der Waals surface area (Å²) in [5.41, 5.74) is 3.25. The molecule has 0 aromatic rings. The van der Waals surface area contributed by atoms with Crippen LogP contribution in [0.2, 0.25) is 0 Å². The maximum atomic E-state index is 10.0. The highest BCUT2D eigenvalue weighted by molar-refractivity contribution is 5.28. The van der Waals surface area contributed by atoms with E-state index in [0.29, 0.717) is 0 Å². The summed E-state index contributed by atoms with van der Waals surface area (Å²) in [6, 6.07) is 0. The van der Waals surface area contributed by atoms with Crippen molar-refractivity contribution >= 4 is 0 Å². The van der Waals surface area contributed by atoms with Crippen LogP contribution in [0.15, 0.2) is 22.8 Å². The number of allylic oxidation sites excluding steroid dienone is 4. The van der Waals surface area contributed by atoms with Crippen LogP contribution in [0, 0.1) is 0 Å². The number of rotatable bonds is 1. The van der Waals surface area contributed by atoms with Gasteiger partial charge in [0.1, 0.15) is 0 Å². The minimum absolute atomic E-state index is 0.718. The van der Waals surface area contributed by atoms with Crippen molar-refractivity contribution in [1.29, 1.82) is 0 Å². The molecule has 2 rings (SSSR count). The Balaban J connectivity index is 2.39. The highest BCUT2D eigenvalue weighted by atomic mass is 16.5. The SMILES string of the molecule is CCC1=C(C)N(O)C2=C(CCCC2)N1O. The number of hydrogen-bond donors (Lipinski definition) is 2. The van der Waals surface area contributed by atoms with Gasteiger partial charge in [0.05, 0.1) is 22.8 Å². The molecule has 0 saturated carbocycles. The van der Waals surface area contributed by atoms with Crippen LogP contribution < -0.4 is 0 Å². The highest BCUT2D eigenvalue weighted by Gasteiger charge is 2.30. The first-order chi connectivity index (χ1) is 7.16. The lowest BCUT2D eigenvalue weighted by Crippen LogP contribution is -2.35. The zero-order valence-corrected chi connectivity index (χ0v) is 9.32. The van der Waals surface area contributed by atoms with Crippen LogP contribution in [-0.4, -0.2) is 20.5 Å². The molecule has 0 saturated heterocycles. The van der Waals surface area contributed by atoms with Crippen LogP contribution in [0.4, 0.5) is 0 Å². The predicted molar refractivity (Wildman–Crippen MR) is 55.7 cm³/mol. The van der Waals surface area contributed by atoms with Gasteiger partial charge in [-0.3, -0.25) is 10.4 Å². The molecule has 4 heteroatoms. The van der Waals surface area contributed by atoms with Gasteiger partial charge < -0.3 is 0 Å². The molecule has 0 fully saturated rings. The normalized spacial score (nSPS) is 22.4. The minimum Gasteiger partial charge on any atom is -0.284 e. The van der Waals surface area contributed by atoms with Gasteiger partial charge in [-0.15, -0.1) is 0 Å². The van der Waals surface area contributed by atoms with Gasteiger partial charge in [-0.2, -0.15) is 0 Å².